The molecule has 88 valence electrons. The third kappa shape index (κ3) is 3.22. The molecule has 0 aliphatic rings. The number of carbonyl (C=O) groups is 1. The van der Waals surface area contributed by atoms with Crippen LogP contribution in [0.25, 0.3) is 0 Å². The molecular weight excluding hydrogens is 226 g/mol. The molecule has 1 aromatic carbocycles. The molecule has 0 aliphatic carbocycles. The summed E-state index contributed by atoms with van der Waals surface area (Å²) in [7, 11) is 0. The van der Waals surface area contributed by atoms with Gasteiger partial charge in [-0.1, -0.05) is 30.3 Å². The third-order valence-electron chi connectivity index (χ3n) is 2.38. The van der Waals surface area contributed by atoms with Crippen LogP contribution in [0.4, 0.5) is 0 Å². The van der Waals surface area contributed by atoms with Crippen molar-refractivity contribution in [2.24, 2.45) is 0 Å². The molecule has 0 radical (unpaired) electrons. The van der Waals surface area contributed by atoms with E-state index in [1.807, 2.05) is 30.3 Å². The highest BCUT2D eigenvalue weighted by atomic mass is 35.5. The Labute approximate surface area is 100 Å². The van der Waals surface area contributed by atoms with E-state index in [4.69, 9.17) is 11.6 Å². The minimum absolute atomic E-state index is 0.106. The van der Waals surface area contributed by atoms with Gasteiger partial charge in [0.25, 0.3) is 0 Å². The topological polar surface area (TPSA) is 49.3 Å². The van der Waals surface area contributed by atoms with E-state index in [-0.39, 0.29) is 11.8 Å². The minimum atomic E-state index is -0.763. The number of benzene rings is 1. The maximum absolute atomic E-state index is 11.2. The predicted molar refractivity (Wildman–Crippen MR) is 64.3 cm³/mol. The predicted octanol–water partition coefficient (Wildman–Crippen LogP) is 1.85. The summed E-state index contributed by atoms with van der Waals surface area (Å²) in [4.78, 5) is 11.2. The quantitative estimate of drug-likeness (QED) is 0.791. The van der Waals surface area contributed by atoms with Crippen molar-refractivity contribution in [2.75, 3.05) is 5.88 Å². The number of halogens is 1. The zero-order valence-corrected chi connectivity index (χ0v) is 10.2. The molecule has 4 heteroatoms. The van der Waals surface area contributed by atoms with Crippen molar-refractivity contribution in [2.45, 2.75) is 25.5 Å². The fraction of sp³-hybridized carbons (Fsp3) is 0.417. The van der Waals surface area contributed by atoms with E-state index in [0.29, 0.717) is 0 Å². The molecule has 1 aromatic rings. The van der Waals surface area contributed by atoms with Crippen LogP contribution in [-0.2, 0) is 4.79 Å². The monoisotopic (exact) mass is 241 g/mol. The van der Waals surface area contributed by atoms with Crippen LogP contribution in [0.1, 0.15) is 25.5 Å². The average Bonchev–Trinajstić information content (AvgIpc) is 2.28. The lowest BCUT2D eigenvalue weighted by Gasteiger charge is -2.31. The number of aliphatic hydroxyl groups is 1. The summed E-state index contributed by atoms with van der Waals surface area (Å²) < 4.78 is 0. The van der Waals surface area contributed by atoms with Gasteiger partial charge in [0.1, 0.15) is 12.0 Å². The highest BCUT2D eigenvalue weighted by Crippen LogP contribution is 2.24. The molecule has 0 aromatic heterocycles. The number of alkyl halides is 1. The summed E-state index contributed by atoms with van der Waals surface area (Å²) in [5.41, 5.74) is 0.0234. The number of hydrogen-bond acceptors (Lipinski definition) is 2. The van der Waals surface area contributed by atoms with Gasteiger partial charge >= 0.3 is 0 Å². The van der Waals surface area contributed by atoms with Crippen LogP contribution in [0.5, 0.6) is 0 Å². The summed E-state index contributed by atoms with van der Waals surface area (Å²) in [6, 6.07) is 9.20. The average molecular weight is 242 g/mol. The molecular formula is C12H16ClNO2. The van der Waals surface area contributed by atoms with Gasteiger partial charge in [-0.05, 0) is 19.4 Å². The fourth-order valence-electron chi connectivity index (χ4n) is 1.51. The Kier molecular flexibility index (Phi) is 4.33. The smallest absolute Gasteiger partial charge is 0.235 e. The van der Waals surface area contributed by atoms with E-state index in [2.05, 4.69) is 5.32 Å². The molecule has 16 heavy (non-hydrogen) atoms. The zero-order chi connectivity index (χ0) is 12.2. The molecule has 0 bridgehead atoms. The fourth-order valence-corrected chi connectivity index (χ4v) is 1.58. The highest BCUT2D eigenvalue weighted by Gasteiger charge is 2.30. The van der Waals surface area contributed by atoms with Gasteiger partial charge in [-0.3, -0.25) is 4.79 Å². The number of nitrogens with one attached hydrogen (secondary N) is 1. The van der Waals surface area contributed by atoms with Gasteiger partial charge in [0.05, 0.1) is 5.54 Å². The first-order valence-corrected chi connectivity index (χ1v) is 5.61. The Morgan fingerprint density at radius 1 is 1.44 bits per heavy atom. The molecule has 2 N–H and O–H groups in total. The summed E-state index contributed by atoms with van der Waals surface area (Å²) in [5.74, 6) is -0.396. The Hall–Kier alpha value is -1.06. The molecule has 1 unspecified atom stereocenters. The largest absolute Gasteiger partial charge is 0.386 e. The standard InChI is InChI=1S/C12H16ClNO2/c1-12(2,14-10(15)8-13)11(16)9-6-4-3-5-7-9/h3-7,11,16H,8H2,1-2H3,(H,14,15). The SMILES string of the molecule is CC(C)(NC(=O)CCl)C(O)c1ccccc1. The third-order valence-corrected chi connectivity index (χ3v) is 2.62. The van der Waals surface area contributed by atoms with E-state index in [1.165, 1.54) is 0 Å². The molecule has 1 rings (SSSR count). The van der Waals surface area contributed by atoms with Crippen molar-refractivity contribution < 1.29 is 9.90 Å². The van der Waals surface area contributed by atoms with E-state index in [0.717, 1.165) is 5.56 Å². The number of hydrogen-bond donors (Lipinski definition) is 2. The first-order valence-electron chi connectivity index (χ1n) is 5.07. The van der Waals surface area contributed by atoms with Gasteiger partial charge in [-0.2, -0.15) is 0 Å². The molecule has 0 heterocycles. The lowest BCUT2D eigenvalue weighted by Crippen LogP contribution is -2.48. The van der Waals surface area contributed by atoms with Gasteiger partial charge in [-0.25, -0.2) is 0 Å². The first-order chi connectivity index (χ1) is 7.47. The van der Waals surface area contributed by atoms with Crippen LogP contribution in [0.2, 0.25) is 0 Å². The second-order valence-corrected chi connectivity index (χ2v) is 4.48. The van der Waals surface area contributed by atoms with Gasteiger partial charge in [0.2, 0.25) is 5.91 Å². The normalized spacial score (nSPS) is 13.2. The lowest BCUT2D eigenvalue weighted by atomic mass is 9.91. The van der Waals surface area contributed by atoms with E-state index in [9.17, 15) is 9.90 Å². The number of carbonyl (C=O) groups excluding carboxylic acids is 1. The maximum Gasteiger partial charge on any atom is 0.235 e. The molecule has 1 amide bonds. The van der Waals surface area contributed by atoms with Crippen molar-refractivity contribution in [3.05, 3.63) is 35.9 Å². The molecule has 3 nitrogen and oxygen atoms in total. The highest BCUT2D eigenvalue weighted by molar-refractivity contribution is 6.27. The van der Waals surface area contributed by atoms with Crippen molar-refractivity contribution in [1.82, 2.24) is 5.32 Å². The van der Waals surface area contributed by atoms with Gasteiger partial charge < -0.3 is 10.4 Å². The van der Waals surface area contributed by atoms with Crippen molar-refractivity contribution >= 4 is 17.5 Å². The van der Waals surface area contributed by atoms with Crippen molar-refractivity contribution in [1.29, 1.82) is 0 Å². The molecule has 1 atom stereocenters. The van der Waals surface area contributed by atoms with E-state index in [1.54, 1.807) is 13.8 Å². The Morgan fingerprint density at radius 2 is 2.00 bits per heavy atom. The molecule has 0 fully saturated rings. The second kappa shape index (κ2) is 5.32. The molecule has 0 spiro atoms. The number of rotatable bonds is 4. The van der Waals surface area contributed by atoms with Gasteiger partial charge in [0.15, 0.2) is 0 Å². The second-order valence-electron chi connectivity index (χ2n) is 4.22. The zero-order valence-electron chi connectivity index (χ0n) is 9.40. The van der Waals surface area contributed by atoms with Crippen LogP contribution >= 0.6 is 11.6 Å². The van der Waals surface area contributed by atoms with Crippen LogP contribution in [0.15, 0.2) is 30.3 Å². The van der Waals surface area contributed by atoms with Crippen molar-refractivity contribution in [3.8, 4) is 0 Å². The van der Waals surface area contributed by atoms with E-state index >= 15 is 0 Å². The minimum Gasteiger partial charge on any atom is -0.386 e. The molecule has 0 aliphatic heterocycles. The lowest BCUT2D eigenvalue weighted by molar-refractivity contribution is -0.121. The van der Waals surface area contributed by atoms with Gasteiger partial charge in [0, 0.05) is 0 Å². The summed E-state index contributed by atoms with van der Waals surface area (Å²) in [5, 5.41) is 12.8. The van der Waals surface area contributed by atoms with Crippen molar-refractivity contribution in [3.63, 3.8) is 0 Å². The van der Waals surface area contributed by atoms with Gasteiger partial charge in [-0.15, -0.1) is 11.6 Å². The molecule has 0 saturated carbocycles. The van der Waals surface area contributed by atoms with Crippen LogP contribution in [-0.4, -0.2) is 22.4 Å². The Bertz CT molecular complexity index is 351. The summed E-state index contributed by atoms with van der Waals surface area (Å²) >= 11 is 5.42. The van der Waals surface area contributed by atoms with E-state index < -0.39 is 11.6 Å². The Balaban J connectivity index is 2.79. The summed E-state index contributed by atoms with van der Waals surface area (Å²) in [6.45, 7) is 3.52. The number of aliphatic hydroxyl groups excluding tert-OH is 1. The first kappa shape index (κ1) is 13.0. The maximum atomic E-state index is 11.2. The van der Waals surface area contributed by atoms with Crippen LogP contribution in [0.3, 0.4) is 0 Å². The summed E-state index contributed by atoms with van der Waals surface area (Å²) in [6.07, 6.45) is -0.763. The van der Waals surface area contributed by atoms with Crippen LogP contribution < -0.4 is 5.32 Å². The molecule has 0 saturated heterocycles. The Morgan fingerprint density at radius 3 is 2.50 bits per heavy atom. The number of amides is 1. The van der Waals surface area contributed by atoms with Crippen LogP contribution in [0, 0.1) is 0 Å².